The van der Waals surface area contributed by atoms with Gasteiger partial charge in [-0.3, -0.25) is 9.59 Å². The van der Waals surface area contributed by atoms with Crippen LogP contribution in [0.2, 0.25) is 0 Å². The first-order valence-electron chi connectivity index (χ1n) is 5.44. The molecule has 0 atom stereocenters. The van der Waals surface area contributed by atoms with Crippen molar-refractivity contribution in [3.05, 3.63) is 34.2 Å². The van der Waals surface area contributed by atoms with E-state index in [1.54, 1.807) is 0 Å². The molecule has 0 spiro atoms. The summed E-state index contributed by atoms with van der Waals surface area (Å²) in [6, 6.07) is 2.64. The van der Waals surface area contributed by atoms with E-state index in [9.17, 15) is 14.4 Å². The Balaban J connectivity index is 2.93. The van der Waals surface area contributed by atoms with Crippen molar-refractivity contribution in [1.29, 1.82) is 0 Å². The number of nitrogens with one attached hydrogen (secondary N) is 1. The minimum Gasteiger partial charge on any atom is -0.477 e. The van der Waals surface area contributed by atoms with Crippen molar-refractivity contribution in [2.75, 3.05) is 0 Å². The molecule has 0 saturated heterocycles. The number of carboxylic acid groups (broad SMARTS) is 1. The van der Waals surface area contributed by atoms with Crippen LogP contribution in [0, 0.1) is 0 Å². The monoisotopic (exact) mass is 252 g/mol. The molecule has 18 heavy (non-hydrogen) atoms. The van der Waals surface area contributed by atoms with Crippen LogP contribution in [0.1, 0.15) is 31.1 Å². The SMILES string of the molecule is CC(C)(C)NC(=O)Cn1cccc(C(=O)O)c1=O. The van der Waals surface area contributed by atoms with Crippen molar-refractivity contribution >= 4 is 11.9 Å². The fraction of sp³-hybridized carbons (Fsp3) is 0.417. The Morgan fingerprint density at radius 3 is 2.50 bits per heavy atom. The fourth-order valence-corrected chi connectivity index (χ4v) is 1.44. The van der Waals surface area contributed by atoms with E-state index in [1.165, 1.54) is 18.3 Å². The molecular formula is C12H16N2O4. The summed E-state index contributed by atoms with van der Waals surface area (Å²) in [6.07, 6.45) is 1.39. The molecule has 6 heteroatoms. The number of hydrogen-bond acceptors (Lipinski definition) is 3. The summed E-state index contributed by atoms with van der Waals surface area (Å²) < 4.78 is 1.07. The molecule has 98 valence electrons. The summed E-state index contributed by atoms with van der Waals surface area (Å²) in [7, 11) is 0. The standard InChI is InChI=1S/C12H16N2O4/c1-12(2,3)13-9(15)7-14-6-4-5-8(10(14)16)11(17)18/h4-6H,7H2,1-3H3,(H,13,15)(H,17,18). The summed E-state index contributed by atoms with van der Waals surface area (Å²) >= 11 is 0. The van der Waals surface area contributed by atoms with Crippen LogP contribution in [0.3, 0.4) is 0 Å². The number of nitrogens with zero attached hydrogens (tertiary/aromatic N) is 1. The van der Waals surface area contributed by atoms with Crippen molar-refractivity contribution in [2.24, 2.45) is 0 Å². The smallest absolute Gasteiger partial charge is 0.341 e. The molecule has 0 radical (unpaired) electrons. The number of rotatable bonds is 3. The Kier molecular flexibility index (Phi) is 3.90. The molecule has 0 aliphatic heterocycles. The fourth-order valence-electron chi connectivity index (χ4n) is 1.44. The highest BCUT2D eigenvalue weighted by molar-refractivity contribution is 5.87. The van der Waals surface area contributed by atoms with Gasteiger partial charge in [-0.1, -0.05) is 0 Å². The van der Waals surface area contributed by atoms with Gasteiger partial charge in [0.05, 0.1) is 0 Å². The van der Waals surface area contributed by atoms with Gasteiger partial charge in [0, 0.05) is 11.7 Å². The zero-order valence-corrected chi connectivity index (χ0v) is 10.6. The predicted octanol–water partition coefficient (Wildman–Crippen LogP) is 0.461. The van der Waals surface area contributed by atoms with Crippen LogP contribution in [0.15, 0.2) is 23.1 Å². The van der Waals surface area contributed by atoms with E-state index in [0.717, 1.165) is 4.57 Å². The van der Waals surface area contributed by atoms with Crippen molar-refractivity contribution < 1.29 is 14.7 Å². The average Bonchev–Trinajstić information content (AvgIpc) is 2.17. The van der Waals surface area contributed by atoms with Crippen LogP contribution in [0.25, 0.3) is 0 Å². The lowest BCUT2D eigenvalue weighted by atomic mass is 10.1. The van der Waals surface area contributed by atoms with Gasteiger partial charge in [-0.15, -0.1) is 0 Å². The van der Waals surface area contributed by atoms with Crippen LogP contribution >= 0.6 is 0 Å². The van der Waals surface area contributed by atoms with Crippen LogP contribution in [0.4, 0.5) is 0 Å². The molecule has 1 aromatic heterocycles. The number of carboxylic acids is 1. The molecule has 0 saturated carbocycles. The summed E-state index contributed by atoms with van der Waals surface area (Å²) in [6.45, 7) is 5.27. The predicted molar refractivity (Wildman–Crippen MR) is 65.6 cm³/mol. The van der Waals surface area contributed by atoms with Gasteiger partial charge in [0.25, 0.3) is 5.56 Å². The largest absolute Gasteiger partial charge is 0.477 e. The summed E-state index contributed by atoms with van der Waals surface area (Å²) in [4.78, 5) is 34.1. The maximum Gasteiger partial charge on any atom is 0.341 e. The zero-order chi connectivity index (χ0) is 13.9. The summed E-state index contributed by atoms with van der Waals surface area (Å²) in [5, 5.41) is 11.5. The van der Waals surface area contributed by atoms with Gasteiger partial charge in [0.1, 0.15) is 12.1 Å². The molecule has 1 rings (SSSR count). The Bertz CT molecular complexity index is 526. The molecule has 0 fully saturated rings. The maximum absolute atomic E-state index is 11.7. The van der Waals surface area contributed by atoms with Gasteiger partial charge in [-0.25, -0.2) is 4.79 Å². The molecule has 2 N–H and O–H groups in total. The van der Waals surface area contributed by atoms with Crippen LogP contribution in [-0.4, -0.2) is 27.1 Å². The molecule has 1 heterocycles. The van der Waals surface area contributed by atoms with Crippen molar-refractivity contribution in [3.8, 4) is 0 Å². The van der Waals surface area contributed by atoms with Gasteiger partial charge in [-0.2, -0.15) is 0 Å². The second-order valence-corrected chi connectivity index (χ2v) is 4.96. The first kappa shape index (κ1) is 14.0. The highest BCUT2D eigenvalue weighted by Gasteiger charge is 2.16. The molecule has 0 aliphatic rings. The lowest BCUT2D eigenvalue weighted by Gasteiger charge is -2.20. The minimum atomic E-state index is -1.30. The van der Waals surface area contributed by atoms with E-state index in [1.807, 2.05) is 20.8 Å². The van der Waals surface area contributed by atoms with E-state index >= 15 is 0 Å². The normalized spacial score (nSPS) is 11.1. The lowest BCUT2D eigenvalue weighted by Crippen LogP contribution is -2.43. The highest BCUT2D eigenvalue weighted by Crippen LogP contribution is 1.99. The van der Waals surface area contributed by atoms with E-state index < -0.39 is 17.1 Å². The molecule has 0 unspecified atom stereocenters. The van der Waals surface area contributed by atoms with E-state index in [-0.39, 0.29) is 18.0 Å². The van der Waals surface area contributed by atoms with Crippen molar-refractivity contribution in [1.82, 2.24) is 9.88 Å². The number of hydrogen-bond donors (Lipinski definition) is 2. The first-order chi connectivity index (χ1) is 8.20. The highest BCUT2D eigenvalue weighted by atomic mass is 16.4. The number of amides is 1. The zero-order valence-electron chi connectivity index (χ0n) is 10.6. The molecule has 6 nitrogen and oxygen atoms in total. The summed E-state index contributed by atoms with van der Waals surface area (Å²) in [5.74, 6) is -1.64. The molecule has 1 amide bonds. The number of carbonyl (C=O) groups excluding carboxylic acids is 1. The average molecular weight is 252 g/mol. The maximum atomic E-state index is 11.7. The third-order valence-corrected chi connectivity index (χ3v) is 2.08. The number of pyridine rings is 1. The number of aromatic carboxylic acids is 1. The Morgan fingerprint density at radius 1 is 1.39 bits per heavy atom. The topological polar surface area (TPSA) is 88.4 Å². The van der Waals surface area contributed by atoms with E-state index in [0.29, 0.717) is 0 Å². The molecule has 0 aliphatic carbocycles. The Morgan fingerprint density at radius 2 is 2.00 bits per heavy atom. The van der Waals surface area contributed by atoms with Crippen molar-refractivity contribution in [3.63, 3.8) is 0 Å². The van der Waals surface area contributed by atoms with Gasteiger partial charge < -0.3 is 15.0 Å². The quantitative estimate of drug-likeness (QED) is 0.818. The molecule has 0 bridgehead atoms. The second-order valence-electron chi connectivity index (χ2n) is 4.96. The van der Waals surface area contributed by atoms with Crippen molar-refractivity contribution in [2.45, 2.75) is 32.9 Å². The first-order valence-corrected chi connectivity index (χ1v) is 5.44. The Labute approximate surface area is 104 Å². The van der Waals surface area contributed by atoms with Crippen LogP contribution in [-0.2, 0) is 11.3 Å². The second kappa shape index (κ2) is 5.03. The van der Waals surface area contributed by atoms with Gasteiger partial charge in [0.2, 0.25) is 5.91 Å². The number of carbonyl (C=O) groups is 2. The van der Waals surface area contributed by atoms with Gasteiger partial charge in [0.15, 0.2) is 0 Å². The molecule has 1 aromatic rings. The van der Waals surface area contributed by atoms with Crippen LogP contribution in [0.5, 0.6) is 0 Å². The minimum absolute atomic E-state index is 0.197. The third kappa shape index (κ3) is 3.73. The summed E-state index contributed by atoms with van der Waals surface area (Å²) in [5.41, 5.74) is -1.43. The van der Waals surface area contributed by atoms with Crippen LogP contribution < -0.4 is 10.9 Å². The number of aromatic nitrogens is 1. The van der Waals surface area contributed by atoms with Gasteiger partial charge in [-0.05, 0) is 32.9 Å². The van der Waals surface area contributed by atoms with E-state index in [4.69, 9.17) is 5.11 Å². The Hall–Kier alpha value is -2.11. The molecule has 0 aromatic carbocycles. The molecular weight excluding hydrogens is 236 g/mol. The van der Waals surface area contributed by atoms with E-state index in [2.05, 4.69) is 5.32 Å². The third-order valence-electron chi connectivity index (χ3n) is 2.08. The van der Waals surface area contributed by atoms with Gasteiger partial charge >= 0.3 is 5.97 Å². The lowest BCUT2D eigenvalue weighted by molar-refractivity contribution is -0.123.